The van der Waals surface area contributed by atoms with E-state index in [0.717, 1.165) is 32.3 Å². The largest absolute Gasteiger partial charge is 0.481 e. The third-order valence-corrected chi connectivity index (χ3v) is 5.74. The molecule has 0 unspecified atom stereocenters. The van der Waals surface area contributed by atoms with Crippen molar-refractivity contribution in [3.05, 3.63) is 12.2 Å². The van der Waals surface area contributed by atoms with Gasteiger partial charge in [0.15, 0.2) is 0 Å². The molecule has 0 saturated carbocycles. The molecule has 4 nitrogen and oxygen atoms in total. The predicted octanol–water partition coefficient (Wildman–Crippen LogP) is 4.97. The first kappa shape index (κ1) is 20.4. The van der Waals surface area contributed by atoms with Crippen LogP contribution in [0.15, 0.2) is 12.2 Å². The van der Waals surface area contributed by atoms with Crippen LogP contribution >= 0.6 is 0 Å². The lowest BCUT2D eigenvalue weighted by Crippen LogP contribution is -2.36. The van der Waals surface area contributed by atoms with E-state index in [0.29, 0.717) is 24.0 Å². The molecule has 25 heavy (non-hydrogen) atoms. The van der Waals surface area contributed by atoms with E-state index in [-0.39, 0.29) is 12.5 Å². The molecule has 2 saturated heterocycles. The van der Waals surface area contributed by atoms with E-state index in [2.05, 4.69) is 26.0 Å². The summed E-state index contributed by atoms with van der Waals surface area (Å²) in [4.78, 5) is 10.5. The number of rotatable bonds is 13. The molecule has 2 aliphatic heterocycles. The average molecular weight is 353 g/mol. The molecular weight excluding hydrogens is 316 g/mol. The summed E-state index contributed by atoms with van der Waals surface area (Å²) in [6.45, 7) is 5.32. The number of unbranched alkanes of at least 4 members (excludes halogenated alkanes) is 4. The van der Waals surface area contributed by atoms with Gasteiger partial charge >= 0.3 is 5.97 Å². The zero-order valence-electron chi connectivity index (χ0n) is 16.0. The molecule has 0 aromatic heterocycles. The summed E-state index contributed by atoms with van der Waals surface area (Å²) in [5, 5.41) is 8.67. The number of fused-ring (bicyclic) bond motifs is 2. The van der Waals surface area contributed by atoms with Crippen molar-refractivity contribution in [3.8, 4) is 0 Å². The molecule has 0 spiro atoms. The topological polar surface area (TPSA) is 55.8 Å². The van der Waals surface area contributed by atoms with Crippen molar-refractivity contribution in [1.29, 1.82) is 0 Å². The van der Waals surface area contributed by atoms with Crippen molar-refractivity contribution in [2.24, 2.45) is 11.8 Å². The Labute approximate surface area is 153 Å². The van der Waals surface area contributed by atoms with Gasteiger partial charge in [-0.2, -0.15) is 0 Å². The van der Waals surface area contributed by atoms with Gasteiger partial charge in [0.25, 0.3) is 0 Å². The summed E-state index contributed by atoms with van der Waals surface area (Å²) >= 11 is 0. The van der Waals surface area contributed by atoms with Crippen LogP contribution in [-0.2, 0) is 14.3 Å². The van der Waals surface area contributed by atoms with E-state index < -0.39 is 5.97 Å². The summed E-state index contributed by atoms with van der Waals surface area (Å²) in [7, 11) is 0. The Hall–Kier alpha value is -0.870. The second kappa shape index (κ2) is 11.0. The molecule has 4 heteroatoms. The number of hydrogen-bond acceptors (Lipinski definition) is 3. The van der Waals surface area contributed by atoms with Crippen molar-refractivity contribution in [2.45, 2.75) is 96.4 Å². The molecule has 1 N–H and O–H groups in total. The average Bonchev–Trinajstić information content (AvgIpc) is 3.18. The lowest BCUT2D eigenvalue weighted by molar-refractivity contribution is -0.137. The Kier molecular flexibility index (Phi) is 8.97. The summed E-state index contributed by atoms with van der Waals surface area (Å²) in [6, 6.07) is 0. The van der Waals surface area contributed by atoms with Crippen LogP contribution in [0.25, 0.3) is 0 Å². The van der Waals surface area contributed by atoms with Crippen LogP contribution in [0.1, 0.15) is 78.1 Å². The quantitative estimate of drug-likeness (QED) is 0.376. The summed E-state index contributed by atoms with van der Waals surface area (Å²) < 4.78 is 12.3. The first-order valence-electron chi connectivity index (χ1n) is 10.3. The normalized spacial score (nSPS) is 29.5. The second-order valence-electron chi connectivity index (χ2n) is 7.66. The Morgan fingerprint density at radius 1 is 1.20 bits per heavy atom. The maximum atomic E-state index is 10.5. The minimum atomic E-state index is -0.708. The van der Waals surface area contributed by atoms with Gasteiger partial charge in [0, 0.05) is 18.9 Å². The third-order valence-electron chi connectivity index (χ3n) is 5.74. The lowest BCUT2D eigenvalue weighted by Gasteiger charge is -2.32. The molecule has 0 radical (unpaired) electrons. The summed E-state index contributed by atoms with van der Waals surface area (Å²) in [5.74, 6) is 0.355. The van der Waals surface area contributed by atoms with E-state index >= 15 is 0 Å². The molecule has 144 valence electrons. The smallest absolute Gasteiger partial charge is 0.303 e. The minimum Gasteiger partial charge on any atom is -0.481 e. The van der Waals surface area contributed by atoms with Gasteiger partial charge in [-0.05, 0) is 51.4 Å². The third kappa shape index (κ3) is 6.41. The van der Waals surface area contributed by atoms with Gasteiger partial charge in [0.2, 0.25) is 0 Å². The van der Waals surface area contributed by atoms with Gasteiger partial charge in [0.05, 0.1) is 18.3 Å². The van der Waals surface area contributed by atoms with Crippen LogP contribution in [0.5, 0.6) is 0 Å². The zero-order chi connectivity index (χ0) is 18.1. The van der Waals surface area contributed by atoms with Gasteiger partial charge in [0.1, 0.15) is 0 Å². The number of ether oxygens (including phenoxy) is 2. The standard InChI is InChI=1S/C21H36O4/c1-3-4-5-10-15-24-16(2)21-17(18-13-14-19(21)25-18)11-8-6-7-9-12-20(22)23/h6,8,16-19,21H,3-5,7,9-15H2,1-2H3,(H,22,23)/t16-,17-,18+,19-,21-/m0/s1. The first-order chi connectivity index (χ1) is 12.1. The number of aliphatic carboxylic acids is 1. The Balaban J connectivity index is 1.74. The van der Waals surface area contributed by atoms with Crippen molar-refractivity contribution < 1.29 is 19.4 Å². The Morgan fingerprint density at radius 3 is 2.76 bits per heavy atom. The van der Waals surface area contributed by atoms with Gasteiger partial charge in [-0.15, -0.1) is 0 Å². The molecule has 2 heterocycles. The van der Waals surface area contributed by atoms with Crippen LogP contribution in [0.4, 0.5) is 0 Å². The van der Waals surface area contributed by atoms with E-state index in [1.54, 1.807) is 0 Å². The lowest BCUT2D eigenvalue weighted by atomic mass is 9.75. The highest BCUT2D eigenvalue weighted by molar-refractivity contribution is 5.66. The highest BCUT2D eigenvalue weighted by Crippen LogP contribution is 2.47. The molecule has 2 aliphatic rings. The fraction of sp³-hybridized carbons (Fsp3) is 0.857. The van der Waals surface area contributed by atoms with Crippen molar-refractivity contribution >= 4 is 5.97 Å². The molecular formula is C21H36O4. The van der Waals surface area contributed by atoms with Gasteiger partial charge in [-0.25, -0.2) is 0 Å². The van der Waals surface area contributed by atoms with Crippen LogP contribution < -0.4 is 0 Å². The van der Waals surface area contributed by atoms with Crippen LogP contribution in [0.2, 0.25) is 0 Å². The number of allylic oxidation sites excluding steroid dienone is 2. The van der Waals surface area contributed by atoms with Crippen LogP contribution in [0, 0.1) is 11.8 Å². The zero-order valence-corrected chi connectivity index (χ0v) is 16.0. The number of carboxylic acids is 1. The van der Waals surface area contributed by atoms with Gasteiger partial charge < -0.3 is 14.6 Å². The van der Waals surface area contributed by atoms with E-state index in [1.165, 1.54) is 32.1 Å². The maximum Gasteiger partial charge on any atom is 0.303 e. The van der Waals surface area contributed by atoms with Gasteiger partial charge in [-0.3, -0.25) is 4.79 Å². The molecule has 2 bridgehead atoms. The summed E-state index contributed by atoms with van der Waals surface area (Å²) in [6.07, 6.45) is 15.6. The number of carbonyl (C=O) groups is 1. The van der Waals surface area contributed by atoms with E-state index in [9.17, 15) is 4.79 Å². The van der Waals surface area contributed by atoms with Crippen molar-refractivity contribution in [1.82, 2.24) is 0 Å². The Morgan fingerprint density at radius 2 is 2.00 bits per heavy atom. The van der Waals surface area contributed by atoms with E-state index in [4.69, 9.17) is 14.6 Å². The molecule has 2 fully saturated rings. The van der Waals surface area contributed by atoms with Crippen molar-refractivity contribution in [3.63, 3.8) is 0 Å². The molecule has 5 atom stereocenters. The van der Waals surface area contributed by atoms with Crippen LogP contribution in [0.3, 0.4) is 0 Å². The Bertz CT molecular complexity index is 420. The fourth-order valence-corrected chi connectivity index (χ4v) is 4.42. The van der Waals surface area contributed by atoms with Gasteiger partial charge in [-0.1, -0.05) is 38.3 Å². The minimum absolute atomic E-state index is 0.257. The monoisotopic (exact) mass is 352 g/mol. The summed E-state index contributed by atoms with van der Waals surface area (Å²) in [5.41, 5.74) is 0. The maximum absolute atomic E-state index is 10.5. The second-order valence-corrected chi connectivity index (χ2v) is 7.66. The van der Waals surface area contributed by atoms with E-state index in [1.807, 2.05) is 0 Å². The molecule has 0 aliphatic carbocycles. The SMILES string of the molecule is CCCCCCO[C@@H](C)[C@H]1[C@@H](CC=CCCCC(=O)O)[C@H]2CC[C@@H]1O2. The highest BCUT2D eigenvalue weighted by Gasteiger charge is 2.50. The molecule has 0 aromatic rings. The molecule has 0 aromatic carbocycles. The number of hydrogen-bond donors (Lipinski definition) is 1. The molecule has 2 rings (SSSR count). The predicted molar refractivity (Wildman–Crippen MR) is 99.7 cm³/mol. The highest BCUT2D eigenvalue weighted by atomic mass is 16.5. The molecule has 0 amide bonds. The van der Waals surface area contributed by atoms with Crippen molar-refractivity contribution in [2.75, 3.05) is 6.61 Å². The first-order valence-corrected chi connectivity index (χ1v) is 10.3. The fourth-order valence-electron chi connectivity index (χ4n) is 4.42. The van der Waals surface area contributed by atoms with Crippen LogP contribution in [-0.4, -0.2) is 36.0 Å². The number of carboxylic acid groups (broad SMARTS) is 1.